The molecule has 0 amide bonds. The van der Waals surface area contributed by atoms with Gasteiger partial charge in [-0.2, -0.15) is 0 Å². The van der Waals surface area contributed by atoms with Crippen LogP contribution < -0.4 is 0 Å². The Labute approximate surface area is 297 Å². The molecule has 0 radical (unpaired) electrons. The summed E-state index contributed by atoms with van der Waals surface area (Å²) in [5.74, 6) is -0.167. The number of aryl methyl sites for hydroxylation is 2. The molecule has 0 N–H and O–H groups in total. The van der Waals surface area contributed by atoms with Gasteiger partial charge in [0, 0.05) is 9.75 Å². The van der Waals surface area contributed by atoms with Crippen LogP contribution in [0.5, 0.6) is 0 Å². The maximum absolute atomic E-state index is 13.4. The zero-order valence-electron chi connectivity index (χ0n) is 28.3. The third-order valence-corrected chi connectivity index (χ3v) is 12.1. The minimum atomic E-state index is -0.167. The van der Waals surface area contributed by atoms with Crippen molar-refractivity contribution in [1.29, 1.82) is 0 Å². The molecule has 1 aromatic carbocycles. The van der Waals surface area contributed by atoms with Crippen LogP contribution in [-0.4, -0.2) is 5.97 Å². The van der Waals surface area contributed by atoms with E-state index in [2.05, 4.69) is 48.6 Å². The van der Waals surface area contributed by atoms with Gasteiger partial charge >= 0.3 is 5.97 Å². The molecule has 0 aliphatic carbocycles. The van der Waals surface area contributed by atoms with Crippen LogP contribution in [-0.2, 0) is 24.2 Å². The molecule has 0 fully saturated rings. The van der Waals surface area contributed by atoms with E-state index >= 15 is 0 Å². The van der Waals surface area contributed by atoms with Gasteiger partial charge in [-0.25, -0.2) is 4.79 Å². The Morgan fingerprint density at radius 3 is 1.64 bits per heavy atom. The summed E-state index contributed by atoms with van der Waals surface area (Å²) in [5, 5.41) is 0. The molecule has 0 saturated carbocycles. The van der Waals surface area contributed by atoms with Crippen molar-refractivity contribution in [2.24, 2.45) is 0 Å². The topological polar surface area (TPSA) is 26.3 Å². The van der Waals surface area contributed by atoms with Crippen molar-refractivity contribution in [3.8, 4) is 9.75 Å². The smallest absolute Gasteiger partial charge is 0.348 e. The molecule has 2 aromatic heterocycles. The van der Waals surface area contributed by atoms with Crippen molar-refractivity contribution in [3.05, 3.63) is 66.9 Å². The van der Waals surface area contributed by atoms with E-state index in [1.807, 2.05) is 41.7 Å². The number of hydrogen-bond donors (Lipinski definition) is 0. The van der Waals surface area contributed by atoms with Crippen LogP contribution >= 0.6 is 45.3 Å². The summed E-state index contributed by atoms with van der Waals surface area (Å²) in [4.78, 5) is 16.8. The Bertz CT molecular complexity index is 1180. The van der Waals surface area contributed by atoms with Gasteiger partial charge in [-0.05, 0) is 77.1 Å². The van der Waals surface area contributed by atoms with Gasteiger partial charge in [-0.1, -0.05) is 160 Å². The van der Waals surface area contributed by atoms with E-state index in [9.17, 15) is 4.79 Å². The predicted octanol–water partition coefficient (Wildman–Crippen LogP) is 14.4. The lowest BCUT2D eigenvalue weighted by Crippen LogP contribution is -2.05. The minimum absolute atomic E-state index is 0.167. The number of rotatable bonds is 26. The van der Waals surface area contributed by atoms with Crippen LogP contribution in [0.1, 0.15) is 169 Å². The highest BCUT2D eigenvalue weighted by Crippen LogP contribution is 2.41. The fourth-order valence-electron chi connectivity index (χ4n) is 6.08. The molecular weight excluding hydrogens is 703 g/mol. The van der Waals surface area contributed by atoms with Crippen LogP contribution in [0, 0.1) is 2.88 Å². The molecule has 45 heavy (non-hydrogen) atoms. The van der Waals surface area contributed by atoms with E-state index in [4.69, 9.17) is 4.74 Å². The Hall–Kier alpha value is -1.18. The van der Waals surface area contributed by atoms with E-state index in [-0.39, 0.29) is 5.97 Å². The zero-order valence-corrected chi connectivity index (χ0v) is 32.1. The first-order chi connectivity index (χ1) is 22.1. The SMILES string of the molecule is CCCCCCCCCCCCc1cc(-c2sc(I)cc2CCCCCCCCCCCC)sc1C(=O)OCc1ccccc1. The van der Waals surface area contributed by atoms with Crippen LogP contribution in [0.15, 0.2) is 42.5 Å². The average Bonchev–Trinajstić information content (AvgIpc) is 3.65. The molecule has 5 heteroatoms. The number of carbonyl (C=O) groups excluding carboxylic acids is 1. The average molecular weight is 763 g/mol. The van der Waals surface area contributed by atoms with Gasteiger partial charge in [-0.3, -0.25) is 0 Å². The molecule has 0 unspecified atom stereocenters. The monoisotopic (exact) mass is 762 g/mol. The van der Waals surface area contributed by atoms with E-state index < -0.39 is 0 Å². The van der Waals surface area contributed by atoms with Crippen LogP contribution in [0.25, 0.3) is 9.75 Å². The van der Waals surface area contributed by atoms with Crippen molar-refractivity contribution in [3.63, 3.8) is 0 Å². The minimum Gasteiger partial charge on any atom is -0.457 e. The number of hydrogen-bond acceptors (Lipinski definition) is 4. The van der Waals surface area contributed by atoms with Gasteiger partial charge in [0.05, 0.1) is 2.88 Å². The number of unbranched alkanes of at least 4 members (excludes halogenated alkanes) is 18. The summed E-state index contributed by atoms with van der Waals surface area (Å²) >= 11 is 6.01. The summed E-state index contributed by atoms with van der Waals surface area (Å²) in [7, 11) is 0. The van der Waals surface area contributed by atoms with Crippen molar-refractivity contribution in [2.45, 2.75) is 162 Å². The Morgan fingerprint density at radius 1 is 0.622 bits per heavy atom. The fraction of sp³-hybridized carbons (Fsp3) is 0.625. The third kappa shape index (κ3) is 15.5. The van der Waals surface area contributed by atoms with Gasteiger partial charge in [0.15, 0.2) is 0 Å². The Morgan fingerprint density at radius 2 is 1.11 bits per heavy atom. The normalized spacial score (nSPS) is 11.4. The summed E-state index contributed by atoms with van der Waals surface area (Å²) in [6.45, 7) is 4.90. The highest BCUT2D eigenvalue weighted by atomic mass is 127. The van der Waals surface area contributed by atoms with Gasteiger partial charge in [0.2, 0.25) is 0 Å². The largest absolute Gasteiger partial charge is 0.457 e. The zero-order chi connectivity index (χ0) is 32.0. The van der Waals surface area contributed by atoms with Gasteiger partial charge in [0.25, 0.3) is 0 Å². The number of halogens is 1. The molecule has 3 aromatic rings. The first-order valence-electron chi connectivity index (χ1n) is 18.2. The first-order valence-corrected chi connectivity index (χ1v) is 21.0. The number of thiophene rings is 2. The van der Waals surface area contributed by atoms with Crippen molar-refractivity contribution in [2.75, 3.05) is 0 Å². The van der Waals surface area contributed by atoms with Crippen molar-refractivity contribution >= 4 is 51.2 Å². The molecule has 0 spiro atoms. The lowest BCUT2D eigenvalue weighted by atomic mass is 10.0. The van der Waals surface area contributed by atoms with Crippen molar-refractivity contribution in [1.82, 2.24) is 0 Å². The van der Waals surface area contributed by atoms with Gasteiger partial charge in [-0.15, -0.1) is 22.7 Å². The second-order valence-electron chi connectivity index (χ2n) is 12.8. The summed E-state index contributed by atoms with van der Waals surface area (Å²) in [5.41, 5.74) is 3.67. The first kappa shape index (κ1) is 38.3. The van der Waals surface area contributed by atoms with E-state index in [0.29, 0.717) is 6.61 Å². The maximum atomic E-state index is 13.4. The molecule has 0 atom stereocenters. The molecule has 2 heterocycles. The number of esters is 1. The molecule has 0 aliphatic heterocycles. The Balaban J connectivity index is 1.55. The second kappa shape index (κ2) is 24.0. The lowest BCUT2D eigenvalue weighted by Gasteiger charge is -2.06. The molecule has 0 bridgehead atoms. The molecule has 0 aliphatic rings. The van der Waals surface area contributed by atoms with Gasteiger partial charge in [0.1, 0.15) is 11.5 Å². The van der Waals surface area contributed by atoms with Gasteiger partial charge < -0.3 is 4.74 Å². The number of ether oxygens (including phenoxy) is 1. The van der Waals surface area contributed by atoms with Crippen molar-refractivity contribution < 1.29 is 9.53 Å². The fourth-order valence-corrected chi connectivity index (χ4v) is 9.30. The second-order valence-corrected chi connectivity index (χ2v) is 16.8. The number of benzene rings is 1. The molecule has 0 saturated heterocycles. The summed E-state index contributed by atoms with van der Waals surface area (Å²) < 4.78 is 7.19. The molecule has 250 valence electrons. The quantitative estimate of drug-likeness (QED) is 0.0462. The van der Waals surface area contributed by atoms with E-state index in [0.717, 1.165) is 29.7 Å². The predicted molar refractivity (Wildman–Crippen MR) is 207 cm³/mol. The van der Waals surface area contributed by atoms with E-state index in [1.165, 1.54) is 146 Å². The molecule has 2 nitrogen and oxygen atoms in total. The third-order valence-electron chi connectivity index (χ3n) is 8.81. The molecular formula is C40H59IO2S2. The maximum Gasteiger partial charge on any atom is 0.348 e. The summed E-state index contributed by atoms with van der Waals surface area (Å²) in [6, 6.07) is 14.7. The highest BCUT2D eigenvalue weighted by molar-refractivity contribution is 14.1. The lowest BCUT2D eigenvalue weighted by molar-refractivity contribution is 0.0477. The highest BCUT2D eigenvalue weighted by Gasteiger charge is 2.21. The molecule has 3 rings (SSSR count). The summed E-state index contributed by atoms with van der Waals surface area (Å²) in [6.07, 6.45) is 28.9. The standard InChI is InChI=1S/C40H59IO2S2/c1-3-5-7-9-11-13-15-17-19-24-28-34-30-36(44-39(34)40(42)43-32-33-26-22-21-23-27-33)38-35(31-37(41)45-38)29-25-20-18-16-14-12-10-8-6-4-2/h21-23,26-27,30-31H,3-20,24-25,28-29,32H2,1-2H3. The van der Waals surface area contributed by atoms with Crippen LogP contribution in [0.2, 0.25) is 0 Å². The van der Waals surface area contributed by atoms with E-state index in [1.54, 1.807) is 11.3 Å². The van der Waals surface area contributed by atoms with Crippen LogP contribution in [0.3, 0.4) is 0 Å². The number of carbonyl (C=O) groups is 1. The van der Waals surface area contributed by atoms with Crippen LogP contribution in [0.4, 0.5) is 0 Å². The Kier molecular flexibility index (Phi) is 20.4.